The highest BCUT2D eigenvalue weighted by Gasteiger charge is 2.34. The van der Waals surface area contributed by atoms with Crippen molar-refractivity contribution in [3.8, 4) is 0 Å². The number of ether oxygens (including phenoxy) is 1. The van der Waals surface area contributed by atoms with E-state index >= 15 is 0 Å². The second-order valence-electron chi connectivity index (χ2n) is 5.45. The van der Waals surface area contributed by atoms with E-state index in [9.17, 15) is 13.2 Å². The summed E-state index contributed by atoms with van der Waals surface area (Å²) in [6, 6.07) is 6.28. The number of benzene rings is 1. The van der Waals surface area contributed by atoms with Crippen LogP contribution in [-0.4, -0.2) is 27.5 Å². The van der Waals surface area contributed by atoms with Crippen molar-refractivity contribution < 1.29 is 17.9 Å². The van der Waals surface area contributed by atoms with Crippen LogP contribution >= 0.6 is 0 Å². The van der Waals surface area contributed by atoms with Crippen molar-refractivity contribution in [1.82, 2.24) is 4.72 Å². The molecule has 2 atom stereocenters. The minimum atomic E-state index is -3.61. The SMILES string of the molecule is COC(=O)[C@@H]1CCCC[C@H]1NS(=O)(=O)c1ccc(C)cc1. The van der Waals surface area contributed by atoms with E-state index < -0.39 is 22.0 Å². The number of carbonyl (C=O) groups is 1. The van der Waals surface area contributed by atoms with Crippen LogP contribution in [0.5, 0.6) is 0 Å². The Morgan fingerprint density at radius 1 is 1.19 bits per heavy atom. The van der Waals surface area contributed by atoms with Gasteiger partial charge in [-0.05, 0) is 31.9 Å². The van der Waals surface area contributed by atoms with Gasteiger partial charge in [0, 0.05) is 6.04 Å². The number of nitrogens with one attached hydrogen (secondary N) is 1. The van der Waals surface area contributed by atoms with Gasteiger partial charge in [0.1, 0.15) is 0 Å². The summed E-state index contributed by atoms with van der Waals surface area (Å²) in [7, 11) is -2.27. The summed E-state index contributed by atoms with van der Waals surface area (Å²) in [5.74, 6) is -0.740. The maximum atomic E-state index is 12.4. The maximum absolute atomic E-state index is 12.4. The molecule has 0 spiro atoms. The Kier molecular flexibility index (Phi) is 5.00. The molecular formula is C15H21NO4S. The molecule has 0 saturated heterocycles. The van der Waals surface area contributed by atoms with Crippen molar-refractivity contribution in [3.63, 3.8) is 0 Å². The van der Waals surface area contributed by atoms with Gasteiger partial charge in [0.05, 0.1) is 17.9 Å². The number of hydrogen-bond donors (Lipinski definition) is 1. The Balaban J connectivity index is 2.17. The standard InChI is InChI=1S/C15H21NO4S/c1-11-7-9-12(10-8-11)21(18,19)16-14-6-4-3-5-13(14)15(17)20-2/h7-10,13-14,16H,3-6H2,1-2H3/t13-,14-/m1/s1. The van der Waals surface area contributed by atoms with Crippen LogP contribution in [0.1, 0.15) is 31.2 Å². The van der Waals surface area contributed by atoms with Crippen LogP contribution < -0.4 is 4.72 Å². The lowest BCUT2D eigenvalue weighted by Crippen LogP contribution is -2.45. The molecule has 1 fully saturated rings. The van der Waals surface area contributed by atoms with Crippen molar-refractivity contribution in [2.75, 3.05) is 7.11 Å². The molecule has 0 aromatic heterocycles. The van der Waals surface area contributed by atoms with Gasteiger partial charge in [-0.3, -0.25) is 4.79 Å². The van der Waals surface area contributed by atoms with E-state index in [-0.39, 0.29) is 10.9 Å². The monoisotopic (exact) mass is 311 g/mol. The van der Waals surface area contributed by atoms with Crippen LogP contribution in [0.15, 0.2) is 29.2 Å². The highest BCUT2D eigenvalue weighted by molar-refractivity contribution is 7.89. The fourth-order valence-electron chi connectivity index (χ4n) is 2.69. The highest BCUT2D eigenvalue weighted by atomic mass is 32.2. The van der Waals surface area contributed by atoms with E-state index in [1.807, 2.05) is 6.92 Å². The van der Waals surface area contributed by atoms with Gasteiger partial charge in [-0.15, -0.1) is 0 Å². The second kappa shape index (κ2) is 6.58. The van der Waals surface area contributed by atoms with E-state index in [0.29, 0.717) is 12.8 Å². The van der Waals surface area contributed by atoms with Crippen LogP contribution in [0.2, 0.25) is 0 Å². The molecule has 21 heavy (non-hydrogen) atoms. The lowest BCUT2D eigenvalue weighted by atomic mass is 9.85. The number of esters is 1. The number of aryl methyl sites for hydroxylation is 1. The van der Waals surface area contributed by atoms with Gasteiger partial charge in [-0.1, -0.05) is 30.5 Å². The molecule has 1 aromatic carbocycles. The van der Waals surface area contributed by atoms with Gasteiger partial charge in [-0.25, -0.2) is 13.1 Å². The number of carbonyl (C=O) groups excluding carboxylic acids is 1. The van der Waals surface area contributed by atoms with E-state index in [0.717, 1.165) is 18.4 Å². The van der Waals surface area contributed by atoms with Gasteiger partial charge in [0.25, 0.3) is 0 Å². The molecule has 116 valence electrons. The van der Waals surface area contributed by atoms with Gasteiger partial charge in [0.15, 0.2) is 0 Å². The molecule has 1 N–H and O–H groups in total. The van der Waals surface area contributed by atoms with Crippen molar-refractivity contribution in [2.45, 2.75) is 43.5 Å². The third-order valence-corrected chi connectivity index (χ3v) is 5.41. The van der Waals surface area contributed by atoms with Crippen LogP contribution in [0.25, 0.3) is 0 Å². The van der Waals surface area contributed by atoms with Crippen molar-refractivity contribution in [2.24, 2.45) is 5.92 Å². The van der Waals surface area contributed by atoms with E-state index in [1.165, 1.54) is 7.11 Å². The fraction of sp³-hybridized carbons (Fsp3) is 0.533. The average Bonchev–Trinajstić information content (AvgIpc) is 2.47. The summed E-state index contributed by atoms with van der Waals surface area (Å²) in [4.78, 5) is 12.0. The van der Waals surface area contributed by atoms with Crippen LogP contribution in [0, 0.1) is 12.8 Å². The van der Waals surface area contributed by atoms with Gasteiger partial charge >= 0.3 is 5.97 Å². The zero-order valence-electron chi connectivity index (χ0n) is 12.3. The van der Waals surface area contributed by atoms with Gasteiger partial charge < -0.3 is 4.74 Å². The van der Waals surface area contributed by atoms with E-state index in [1.54, 1.807) is 24.3 Å². The molecule has 6 heteroatoms. The normalized spacial score (nSPS) is 22.8. The minimum Gasteiger partial charge on any atom is -0.469 e. The second-order valence-corrected chi connectivity index (χ2v) is 7.17. The summed E-state index contributed by atoms with van der Waals surface area (Å²) in [5, 5.41) is 0. The molecule has 0 amide bonds. The Morgan fingerprint density at radius 2 is 1.81 bits per heavy atom. The molecule has 0 aliphatic heterocycles. The quantitative estimate of drug-likeness (QED) is 0.863. The molecule has 1 aliphatic carbocycles. The summed E-state index contributed by atoms with van der Waals surface area (Å²) in [5.41, 5.74) is 0.999. The molecule has 2 rings (SSSR count). The van der Waals surface area contributed by atoms with Crippen molar-refractivity contribution >= 4 is 16.0 Å². The Bertz CT molecular complexity index is 595. The first-order valence-corrected chi connectivity index (χ1v) is 8.59. The van der Waals surface area contributed by atoms with Crippen molar-refractivity contribution in [3.05, 3.63) is 29.8 Å². The van der Waals surface area contributed by atoms with Crippen molar-refractivity contribution in [1.29, 1.82) is 0 Å². The fourth-order valence-corrected chi connectivity index (χ4v) is 4.00. The molecule has 5 nitrogen and oxygen atoms in total. The molecule has 0 bridgehead atoms. The summed E-state index contributed by atoms with van der Waals surface area (Å²) in [6.45, 7) is 1.90. The smallest absolute Gasteiger partial charge is 0.310 e. The number of hydrogen-bond acceptors (Lipinski definition) is 4. The molecule has 1 aromatic rings. The molecule has 1 saturated carbocycles. The minimum absolute atomic E-state index is 0.224. The first-order chi connectivity index (χ1) is 9.94. The molecular weight excluding hydrogens is 290 g/mol. The maximum Gasteiger partial charge on any atom is 0.310 e. The lowest BCUT2D eigenvalue weighted by Gasteiger charge is -2.29. The highest BCUT2D eigenvalue weighted by Crippen LogP contribution is 2.27. The first-order valence-electron chi connectivity index (χ1n) is 7.11. The number of rotatable bonds is 4. The first kappa shape index (κ1) is 16.0. The summed E-state index contributed by atoms with van der Waals surface area (Å²) >= 11 is 0. The molecule has 1 aliphatic rings. The van der Waals surface area contributed by atoms with Crippen LogP contribution in [-0.2, 0) is 19.6 Å². The lowest BCUT2D eigenvalue weighted by molar-refractivity contribution is -0.147. The summed E-state index contributed by atoms with van der Waals surface area (Å²) in [6.07, 6.45) is 3.15. The number of sulfonamides is 1. The molecule has 0 heterocycles. The zero-order valence-corrected chi connectivity index (χ0v) is 13.2. The Hall–Kier alpha value is -1.40. The molecule has 0 radical (unpaired) electrons. The third kappa shape index (κ3) is 3.83. The topological polar surface area (TPSA) is 72.5 Å². The Morgan fingerprint density at radius 3 is 2.43 bits per heavy atom. The largest absolute Gasteiger partial charge is 0.469 e. The predicted octanol–water partition coefficient (Wildman–Crippen LogP) is 2.01. The van der Waals surface area contributed by atoms with Gasteiger partial charge in [-0.2, -0.15) is 0 Å². The molecule has 0 unspecified atom stereocenters. The predicted molar refractivity (Wildman–Crippen MR) is 79.3 cm³/mol. The Labute approximate surface area is 125 Å². The third-order valence-electron chi connectivity index (χ3n) is 3.91. The number of methoxy groups -OCH3 is 1. The van der Waals surface area contributed by atoms with Crippen LogP contribution in [0.3, 0.4) is 0 Å². The van der Waals surface area contributed by atoms with Crippen LogP contribution in [0.4, 0.5) is 0 Å². The average molecular weight is 311 g/mol. The van der Waals surface area contributed by atoms with E-state index in [2.05, 4.69) is 4.72 Å². The summed E-state index contributed by atoms with van der Waals surface area (Å²) < 4.78 is 32.3. The van der Waals surface area contributed by atoms with Gasteiger partial charge in [0.2, 0.25) is 10.0 Å². The van der Waals surface area contributed by atoms with E-state index in [4.69, 9.17) is 4.74 Å². The zero-order chi connectivity index (χ0) is 15.5.